The van der Waals surface area contributed by atoms with Crippen LogP contribution in [-0.2, 0) is 9.54 Å². The Morgan fingerprint density at radius 1 is 0.862 bits per heavy atom. The minimum Gasteiger partial charge on any atom is -0.356 e. The van der Waals surface area contributed by atoms with Crippen LogP contribution in [0.3, 0.4) is 0 Å². The number of thioether (sulfide) groups is 1. The first-order chi connectivity index (χ1) is 14.0. The van der Waals surface area contributed by atoms with Gasteiger partial charge in [0.2, 0.25) is 5.91 Å². The topological polar surface area (TPSA) is 29.1 Å². The predicted octanol–water partition coefficient (Wildman–Crippen LogP) is 5.27. The molecule has 0 heterocycles. The fraction of sp³-hybridized carbons (Fsp3) is 0.174. The lowest BCUT2D eigenvalue weighted by Crippen LogP contribution is -2.31. The molecular formula is C23H20F3NOS. The summed E-state index contributed by atoms with van der Waals surface area (Å²) < 4.78 is 41.1. The molecule has 3 aromatic carbocycles. The van der Waals surface area contributed by atoms with E-state index in [9.17, 15) is 13.6 Å². The zero-order valence-electron chi connectivity index (χ0n) is 15.8. The van der Waals surface area contributed by atoms with Crippen molar-refractivity contribution in [3.63, 3.8) is 0 Å². The van der Waals surface area contributed by atoms with Crippen LogP contribution in [0.25, 0.3) is 0 Å². The quantitative estimate of drug-likeness (QED) is 0.533. The Hall–Kier alpha value is -2.73. The van der Waals surface area contributed by atoms with Gasteiger partial charge in [-0.1, -0.05) is 42.5 Å². The highest BCUT2D eigenvalue weighted by Gasteiger charge is 2.39. The van der Waals surface area contributed by atoms with E-state index in [1.165, 1.54) is 42.1 Å². The van der Waals surface area contributed by atoms with Crippen molar-refractivity contribution in [3.8, 4) is 0 Å². The van der Waals surface area contributed by atoms with E-state index >= 15 is 4.39 Å². The monoisotopic (exact) mass is 415 g/mol. The van der Waals surface area contributed by atoms with E-state index < -0.39 is 22.2 Å². The van der Waals surface area contributed by atoms with Crippen LogP contribution in [0, 0.1) is 17.5 Å². The van der Waals surface area contributed by atoms with Gasteiger partial charge in [0, 0.05) is 12.1 Å². The molecule has 0 saturated heterocycles. The molecule has 0 bridgehead atoms. The molecule has 0 saturated carbocycles. The summed E-state index contributed by atoms with van der Waals surface area (Å²) in [6.45, 7) is 2.28. The van der Waals surface area contributed by atoms with Crippen molar-refractivity contribution in [1.29, 1.82) is 0 Å². The van der Waals surface area contributed by atoms with Crippen molar-refractivity contribution in [2.45, 2.75) is 11.7 Å². The molecule has 150 valence electrons. The average Bonchev–Trinajstić information content (AvgIpc) is 2.72. The second-order valence-corrected chi connectivity index (χ2v) is 7.61. The number of carbonyl (C=O) groups is 1. The third-order valence-electron chi connectivity index (χ3n) is 4.55. The van der Waals surface area contributed by atoms with Gasteiger partial charge in [-0.15, -0.1) is 11.8 Å². The average molecular weight is 415 g/mol. The maximum absolute atomic E-state index is 15.0. The molecule has 0 aliphatic heterocycles. The lowest BCUT2D eigenvalue weighted by Gasteiger charge is -2.35. The molecule has 2 nitrogen and oxygen atoms in total. The Morgan fingerprint density at radius 2 is 1.38 bits per heavy atom. The van der Waals surface area contributed by atoms with Crippen LogP contribution in [0.15, 0.2) is 72.8 Å². The molecule has 0 aromatic heterocycles. The van der Waals surface area contributed by atoms with Gasteiger partial charge in [0.1, 0.15) is 17.5 Å². The number of hydrogen-bond donors (Lipinski definition) is 1. The van der Waals surface area contributed by atoms with Crippen molar-refractivity contribution in [1.82, 2.24) is 5.32 Å². The third kappa shape index (κ3) is 4.48. The first-order valence-electron chi connectivity index (χ1n) is 9.15. The summed E-state index contributed by atoms with van der Waals surface area (Å²) in [5.74, 6) is -1.49. The summed E-state index contributed by atoms with van der Waals surface area (Å²) in [5.41, 5.74) is 1.49. The minimum absolute atomic E-state index is 0.0386. The fourth-order valence-electron chi connectivity index (χ4n) is 3.26. The molecule has 0 aliphatic carbocycles. The number of carbonyl (C=O) groups excluding carboxylic acids is 1. The van der Waals surface area contributed by atoms with Crippen molar-refractivity contribution in [2.75, 3.05) is 12.3 Å². The van der Waals surface area contributed by atoms with Gasteiger partial charge in [-0.25, -0.2) is 13.2 Å². The van der Waals surface area contributed by atoms with E-state index in [0.29, 0.717) is 23.2 Å². The second-order valence-electron chi connectivity index (χ2n) is 6.42. The molecule has 6 heteroatoms. The number of benzene rings is 3. The van der Waals surface area contributed by atoms with Gasteiger partial charge in [-0.05, 0) is 48.4 Å². The molecular weight excluding hydrogens is 395 g/mol. The standard InChI is InChI=1S/C23H20F3NOS/c1-2-27-22(28)15-29-23(16-7-11-18(24)12-8-16,17-9-13-19(25)14-10-17)20-5-3-4-6-21(20)26/h3-14H,2,15H2,1H3,(H,27,28). The third-order valence-corrected chi connectivity index (χ3v) is 6.08. The molecule has 0 fully saturated rings. The summed E-state index contributed by atoms with van der Waals surface area (Å²) in [7, 11) is 0. The summed E-state index contributed by atoms with van der Waals surface area (Å²) >= 11 is 1.21. The van der Waals surface area contributed by atoms with Crippen molar-refractivity contribution < 1.29 is 18.0 Å². The Balaban J connectivity index is 2.25. The van der Waals surface area contributed by atoms with E-state index in [2.05, 4.69) is 5.32 Å². The Labute approximate surface area is 172 Å². The molecule has 29 heavy (non-hydrogen) atoms. The van der Waals surface area contributed by atoms with E-state index in [-0.39, 0.29) is 11.7 Å². The van der Waals surface area contributed by atoms with Gasteiger partial charge in [0.25, 0.3) is 0 Å². The van der Waals surface area contributed by atoms with Gasteiger partial charge < -0.3 is 5.32 Å². The number of halogens is 3. The lowest BCUT2D eigenvalue weighted by molar-refractivity contribution is -0.118. The SMILES string of the molecule is CCNC(=O)CSC(c1ccc(F)cc1)(c1ccc(F)cc1)c1ccccc1F. The van der Waals surface area contributed by atoms with Gasteiger partial charge in [-0.2, -0.15) is 0 Å². The molecule has 1 N–H and O–H groups in total. The maximum atomic E-state index is 15.0. The summed E-state index contributed by atoms with van der Waals surface area (Å²) in [4.78, 5) is 12.2. The second kappa shape index (κ2) is 9.18. The van der Waals surface area contributed by atoms with Crippen LogP contribution in [0.5, 0.6) is 0 Å². The molecule has 1 amide bonds. The van der Waals surface area contributed by atoms with E-state index in [1.807, 2.05) is 6.92 Å². The Morgan fingerprint density at radius 3 is 1.86 bits per heavy atom. The van der Waals surface area contributed by atoms with Crippen LogP contribution in [0.2, 0.25) is 0 Å². The van der Waals surface area contributed by atoms with Crippen LogP contribution in [-0.4, -0.2) is 18.2 Å². The van der Waals surface area contributed by atoms with Gasteiger partial charge >= 0.3 is 0 Å². The Bertz CT molecular complexity index is 929. The summed E-state index contributed by atoms with van der Waals surface area (Å²) in [6.07, 6.45) is 0. The highest BCUT2D eigenvalue weighted by Crippen LogP contribution is 2.49. The first kappa shape index (κ1) is 21.0. The molecule has 0 unspecified atom stereocenters. The summed E-state index contributed by atoms with van der Waals surface area (Å²) in [5, 5.41) is 2.73. The highest BCUT2D eigenvalue weighted by molar-refractivity contribution is 8.01. The number of nitrogens with one attached hydrogen (secondary N) is 1. The van der Waals surface area contributed by atoms with Crippen molar-refractivity contribution >= 4 is 17.7 Å². The van der Waals surface area contributed by atoms with Crippen LogP contribution in [0.1, 0.15) is 23.6 Å². The van der Waals surface area contributed by atoms with Crippen LogP contribution < -0.4 is 5.32 Å². The molecule has 0 atom stereocenters. The van der Waals surface area contributed by atoms with Crippen LogP contribution in [0.4, 0.5) is 13.2 Å². The van der Waals surface area contributed by atoms with Gasteiger partial charge in [0.15, 0.2) is 0 Å². The normalized spacial score (nSPS) is 11.3. The van der Waals surface area contributed by atoms with E-state index in [0.717, 1.165) is 0 Å². The molecule has 0 radical (unpaired) electrons. The van der Waals surface area contributed by atoms with E-state index in [4.69, 9.17) is 0 Å². The Kier molecular flexibility index (Phi) is 6.64. The van der Waals surface area contributed by atoms with Gasteiger partial charge in [0.05, 0.1) is 10.5 Å². The smallest absolute Gasteiger partial charge is 0.230 e. The zero-order chi connectivity index (χ0) is 20.9. The number of hydrogen-bond acceptors (Lipinski definition) is 2. The highest BCUT2D eigenvalue weighted by atomic mass is 32.2. The predicted molar refractivity (Wildman–Crippen MR) is 110 cm³/mol. The van der Waals surface area contributed by atoms with Crippen LogP contribution >= 0.6 is 11.8 Å². The molecule has 0 aliphatic rings. The van der Waals surface area contributed by atoms with E-state index in [1.54, 1.807) is 42.5 Å². The lowest BCUT2D eigenvalue weighted by atomic mass is 9.83. The molecule has 0 spiro atoms. The number of rotatable bonds is 7. The molecule has 3 aromatic rings. The maximum Gasteiger partial charge on any atom is 0.230 e. The summed E-state index contributed by atoms with van der Waals surface area (Å²) in [6, 6.07) is 17.7. The van der Waals surface area contributed by atoms with Crippen molar-refractivity contribution in [2.24, 2.45) is 0 Å². The first-order valence-corrected chi connectivity index (χ1v) is 10.1. The largest absolute Gasteiger partial charge is 0.356 e. The van der Waals surface area contributed by atoms with Crippen molar-refractivity contribution in [3.05, 3.63) is 107 Å². The molecule has 3 rings (SSSR count). The number of amides is 1. The fourth-order valence-corrected chi connectivity index (χ4v) is 4.64. The minimum atomic E-state index is -1.17. The zero-order valence-corrected chi connectivity index (χ0v) is 16.6. The van der Waals surface area contributed by atoms with Gasteiger partial charge in [-0.3, -0.25) is 4.79 Å².